The van der Waals surface area contributed by atoms with Crippen molar-refractivity contribution >= 4 is 18.3 Å². The zero-order valence-corrected chi connectivity index (χ0v) is 14.6. The number of ether oxygens (including phenoxy) is 3. The molecule has 1 aliphatic rings. The molecule has 23 heavy (non-hydrogen) atoms. The molecule has 1 heterocycles. The van der Waals surface area contributed by atoms with E-state index >= 15 is 0 Å². The molecule has 1 aromatic rings. The monoisotopic (exact) mass is 344 g/mol. The van der Waals surface area contributed by atoms with Gasteiger partial charge in [-0.3, -0.25) is 4.79 Å². The van der Waals surface area contributed by atoms with Gasteiger partial charge in [-0.25, -0.2) is 0 Å². The van der Waals surface area contributed by atoms with Gasteiger partial charge in [-0.05, 0) is 25.0 Å². The number of hydrogen-bond acceptors (Lipinski definition) is 5. The third-order valence-corrected chi connectivity index (χ3v) is 3.92. The van der Waals surface area contributed by atoms with E-state index < -0.39 is 0 Å². The van der Waals surface area contributed by atoms with Gasteiger partial charge in [0.05, 0.1) is 20.3 Å². The van der Waals surface area contributed by atoms with Gasteiger partial charge in [0.2, 0.25) is 0 Å². The minimum atomic E-state index is -0.386. The second kappa shape index (κ2) is 8.96. The first-order valence-electron chi connectivity index (χ1n) is 7.40. The van der Waals surface area contributed by atoms with Crippen LogP contribution in [0.2, 0.25) is 0 Å². The molecule has 1 aromatic carbocycles. The van der Waals surface area contributed by atoms with Crippen molar-refractivity contribution in [2.45, 2.75) is 31.6 Å². The van der Waals surface area contributed by atoms with Crippen LogP contribution in [0.15, 0.2) is 18.2 Å². The van der Waals surface area contributed by atoms with Gasteiger partial charge >= 0.3 is 0 Å². The maximum absolute atomic E-state index is 12.4. The minimum absolute atomic E-state index is 0. The van der Waals surface area contributed by atoms with Crippen LogP contribution in [0.5, 0.6) is 11.5 Å². The highest BCUT2D eigenvalue weighted by molar-refractivity contribution is 5.85. The third-order valence-electron chi connectivity index (χ3n) is 3.92. The summed E-state index contributed by atoms with van der Waals surface area (Å²) in [5.74, 6) is 1.40. The molecule has 1 fully saturated rings. The fourth-order valence-electron chi connectivity index (χ4n) is 2.62. The van der Waals surface area contributed by atoms with Crippen molar-refractivity contribution < 1.29 is 19.0 Å². The number of amides is 1. The Labute approximate surface area is 143 Å². The van der Waals surface area contributed by atoms with Crippen molar-refractivity contribution in [1.29, 1.82) is 0 Å². The lowest BCUT2D eigenvalue weighted by Gasteiger charge is -2.22. The Bertz CT molecular complexity index is 527. The summed E-state index contributed by atoms with van der Waals surface area (Å²) in [5.41, 5.74) is 6.51. The summed E-state index contributed by atoms with van der Waals surface area (Å²) in [7, 11) is 4.98. The number of methoxy groups -OCH3 is 2. The van der Waals surface area contributed by atoms with Crippen LogP contribution in [-0.2, 0) is 16.1 Å². The molecule has 0 aliphatic carbocycles. The van der Waals surface area contributed by atoms with E-state index in [0.717, 1.165) is 24.2 Å². The number of carbonyl (C=O) groups excluding carboxylic acids is 1. The van der Waals surface area contributed by atoms with Gasteiger partial charge in [0, 0.05) is 31.8 Å². The highest BCUT2D eigenvalue weighted by Crippen LogP contribution is 2.26. The van der Waals surface area contributed by atoms with E-state index in [4.69, 9.17) is 19.9 Å². The van der Waals surface area contributed by atoms with Crippen LogP contribution < -0.4 is 15.2 Å². The Balaban J connectivity index is 0.00000264. The van der Waals surface area contributed by atoms with E-state index in [1.807, 2.05) is 18.2 Å². The van der Waals surface area contributed by atoms with E-state index in [-0.39, 0.29) is 30.5 Å². The van der Waals surface area contributed by atoms with Crippen LogP contribution in [0.25, 0.3) is 0 Å². The van der Waals surface area contributed by atoms with Crippen LogP contribution in [0.4, 0.5) is 0 Å². The number of carbonyl (C=O) groups is 1. The van der Waals surface area contributed by atoms with Crippen molar-refractivity contribution in [3.05, 3.63) is 23.8 Å². The lowest BCUT2D eigenvalue weighted by Crippen LogP contribution is -2.36. The molecule has 0 saturated carbocycles. The van der Waals surface area contributed by atoms with Crippen LogP contribution in [0.3, 0.4) is 0 Å². The maximum atomic E-state index is 12.4. The van der Waals surface area contributed by atoms with Crippen LogP contribution in [0.1, 0.15) is 18.4 Å². The summed E-state index contributed by atoms with van der Waals surface area (Å²) < 4.78 is 16.2. The summed E-state index contributed by atoms with van der Waals surface area (Å²) in [6.45, 7) is 0.916. The summed E-state index contributed by atoms with van der Waals surface area (Å²) in [6, 6.07) is 5.57. The SMILES string of the molecule is COc1ccc(CN(C)C(=O)[C@@H]2CC[C@H](CN)O2)c(OC)c1.Cl. The molecule has 6 nitrogen and oxygen atoms in total. The first-order chi connectivity index (χ1) is 10.6. The average molecular weight is 345 g/mol. The number of rotatable bonds is 6. The lowest BCUT2D eigenvalue weighted by molar-refractivity contribution is -0.141. The Morgan fingerprint density at radius 3 is 2.65 bits per heavy atom. The van der Waals surface area contributed by atoms with E-state index in [1.165, 1.54) is 0 Å². The largest absolute Gasteiger partial charge is 0.497 e. The molecule has 1 amide bonds. The van der Waals surface area contributed by atoms with Gasteiger partial charge < -0.3 is 24.8 Å². The number of halogens is 1. The summed E-state index contributed by atoms with van der Waals surface area (Å²) in [4.78, 5) is 14.1. The quantitative estimate of drug-likeness (QED) is 0.848. The number of benzene rings is 1. The Morgan fingerprint density at radius 2 is 2.09 bits per heavy atom. The van der Waals surface area contributed by atoms with Gasteiger partial charge in [-0.1, -0.05) is 0 Å². The Kier molecular flexibility index (Phi) is 7.61. The average Bonchev–Trinajstić information content (AvgIpc) is 3.03. The maximum Gasteiger partial charge on any atom is 0.251 e. The van der Waals surface area contributed by atoms with Gasteiger partial charge in [-0.15, -0.1) is 12.4 Å². The zero-order valence-electron chi connectivity index (χ0n) is 13.8. The molecular formula is C16H25ClN2O4. The topological polar surface area (TPSA) is 74.0 Å². The standard InChI is InChI=1S/C16H24N2O4.ClH/c1-18(16(19)14-7-6-13(9-17)22-14)10-11-4-5-12(20-2)8-15(11)21-3;/h4-5,8,13-14H,6-7,9-10,17H2,1-3H3;1H/t13-,14+;/m1./s1. The number of nitrogens with two attached hydrogens (primary N) is 1. The Hall–Kier alpha value is -1.50. The van der Waals surface area contributed by atoms with Gasteiger partial charge in [0.1, 0.15) is 17.6 Å². The highest BCUT2D eigenvalue weighted by atomic mass is 35.5. The second-order valence-electron chi connectivity index (χ2n) is 5.43. The molecule has 130 valence electrons. The summed E-state index contributed by atoms with van der Waals surface area (Å²) in [5, 5.41) is 0. The third kappa shape index (κ3) is 4.73. The van der Waals surface area contributed by atoms with Crippen LogP contribution >= 0.6 is 12.4 Å². The van der Waals surface area contributed by atoms with E-state index in [2.05, 4.69) is 0 Å². The predicted octanol–water partition coefficient (Wildman–Crippen LogP) is 1.59. The smallest absolute Gasteiger partial charge is 0.251 e. The van der Waals surface area contributed by atoms with Crippen LogP contribution in [0, 0.1) is 0 Å². The highest BCUT2D eigenvalue weighted by Gasteiger charge is 2.31. The van der Waals surface area contributed by atoms with Crippen molar-refractivity contribution in [2.75, 3.05) is 27.8 Å². The van der Waals surface area contributed by atoms with Crippen molar-refractivity contribution in [2.24, 2.45) is 5.73 Å². The molecule has 7 heteroatoms. The first kappa shape index (κ1) is 19.5. The molecule has 0 aromatic heterocycles. The minimum Gasteiger partial charge on any atom is -0.497 e. The van der Waals surface area contributed by atoms with Crippen molar-refractivity contribution in [3.63, 3.8) is 0 Å². The van der Waals surface area contributed by atoms with E-state index in [1.54, 1.807) is 26.2 Å². The van der Waals surface area contributed by atoms with E-state index in [0.29, 0.717) is 18.8 Å². The number of hydrogen-bond donors (Lipinski definition) is 1. The first-order valence-corrected chi connectivity index (χ1v) is 7.40. The van der Waals surface area contributed by atoms with Gasteiger partial charge in [-0.2, -0.15) is 0 Å². The van der Waals surface area contributed by atoms with Crippen molar-refractivity contribution in [3.8, 4) is 11.5 Å². The molecular weight excluding hydrogens is 320 g/mol. The molecule has 0 unspecified atom stereocenters. The molecule has 2 N–H and O–H groups in total. The number of likely N-dealkylation sites (N-methyl/N-ethyl adjacent to an activating group) is 1. The molecule has 1 saturated heterocycles. The summed E-state index contributed by atoms with van der Waals surface area (Å²) >= 11 is 0. The zero-order chi connectivity index (χ0) is 16.1. The molecule has 2 atom stereocenters. The number of nitrogens with zero attached hydrogens (tertiary/aromatic N) is 1. The normalized spacial score (nSPS) is 19.8. The van der Waals surface area contributed by atoms with Gasteiger partial charge in [0.15, 0.2) is 0 Å². The van der Waals surface area contributed by atoms with E-state index in [9.17, 15) is 4.79 Å². The molecule has 1 aliphatic heterocycles. The van der Waals surface area contributed by atoms with Crippen LogP contribution in [-0.4, -0.2) is 50.8 Å². The molecule has 0 bridgehead atoms. The summed E-state index contributed by atoms with van der Waals surface area (Å²) in [6.07, 6.45) is 1.18. The van der Waals surface area contributed by atoms with Crippen molar-refractivity contribution in [1.82, 2.24) is 4.90 Å². The second-order valence-corrected chi connectivity index (χ2v) is 5.43. The molecule has 0 radical (unpaired) electrons. The fraction of sp³-hybridized carbons (Fsp3) is 0.562. The lowest BCUT2D eigenvalue weighted by atomic mass is 10.1. The Morgan fingerprint density at radius 1 is 1.35 bits per heavy atom. The molecule has 0 spiro atoms. The van der Waals surface area contributed by atoms with Gasteiger partial charge in [0.25, 0.3) is 5.91 Å². The fourth-order valence-corrected chi connectivity index (χ4v) is 2.62. The predicted molar refractivity (Wildman–Crippen MR) is 90.2 cm³/mol. The molecule has 2 rings (SSSR count).